The topological polar surface area (TPSA) is 36.4 Å². The molecule has 0 radical (unpaired) electrons. The average molecular weight is 270 g/mol. The van der Waals surface area contributed by atoms with Gasteiger partial charge in [-0.2, -0.15) is 0 Å². The van der Waals surface area contributed by atoms with E-state index in [1.165, 1.54) is 23.8 Å². The van der Waals surface area contributed by atoms with Crippen LogP contribution >= 0.6 is 0 Å². The summed E-state index contributed by atoms with van der Waals surface area (Å²) in [7, 11) is 0. The molecule has 0 aliphatic carbocycles. The molecule has 1 aromatic heterocycles. The van der Waals surface area contributed by atoms with Gasteiger partial charge in [0, 0.05) is 24.6 Å². The first-order valence-corrected chi connectivity index (χ1v) is 7.53. The number of rotatable bonds is 4. The van der Waals surface area contributed by atoms with Gasteiger partial charge in [-0.3, -0.25) is 0 Å². The van der Waals surface area contributed by atoms with Crippen molar-refractivity contribution >= 4 is 16.7 Å². The summed E-state index contributed by atoms with van der Waals surface area (Å²) < 4.78 is 0. The van der Waals surface area contributed by atoms with Gasteiger partial charge < -0.3 is 10.0 Å². The van der Waals surface area contributed by atoms with Crippen LogP contribution in [0.1, 0.15) is 31.2 Å². The number of hydrogen-bond donors (Lipinski definition) is 1. The van der Waals surface area contributed by atoms with Crippen LogP contribution < -0.4 is 4.90 Å². The number of anilines is 1. The van der Waals surface area contributed by atoms with Crippen LogP contribution in [0.25, 0.3) is 10.9 Å². The summed E-state index contributed by atoms with van der Waals surface area (Å²) in [6, 6.07) is 11.1. The second-order valence-corrected chi connectivity index (χ2v) is 5.68. The van der Waals surface area contributed by atoms with E-state index in [9.17, 15) is 0 Å². The molecule has 3 heteroatoms. The number of aromatic nitrogens is 1. The number of benzene rings is 1. The van der Waals surface area contributed by atoms with E-state index in [0.29, 0.717) is 6.04 Å². The molecule has 1 unspecified atom stereocenters. The van der Waals surface area contributed by atoms with Crippen molar-refractivity contribution in [3.8, 4) is 0 Å². The van der Waals surface area contributed by atoms with E-state index in [1.54, 1.807) is 0 Å². The van der Waals surface area contributed by atoms with Gasteiger partial charge in [0.25, 0.3) is 0 Å². The maximum atomic E-state index is 9.05. The van der Waals surface area contributed by atoms with E-state index in [4.69, 9.17) is 10.1 Å². The number of hydrogen-bond acceptors (Lipinski definition) is 3. The van der Waals surface area contributed by atoms with E-state index in [0.717, 1.165) is 30.7 Å². The number of aliphatic hydroxyl groups is 1. The van der Waals surface area contributed by atoms with Crippen LogP contribution in [0.3, 0.4) is 0 Å². The maximum absolute atomic E-state index is 9.05. The highest BCUT2D eigenvalue weighted by Crippen LogP contribution is 2.30. The first-order chi connectivity index (χ1) is 9.79. The van der Waals surface area contributed by atoms with Gasteiger partial charge in [-0.25, -0.2) is 4.98 Å². The summed E-state index contributed by atoms with van der Waals surface area (Å²) in [5, 5.41) is 10.3. The lowest BCUT2D eigenvalue weighted by Crippen LogP contribution is -2.30. The van der Waals surface area contributed by atoms with Crippen molar-refractivity contribution in [2.24, 2.45) is 0 Å². The molecule has 1 saturated heterocycles. The van der Waals surface area contributed by atoms with Crippen LogP contribution in [0.5, 0.6) is 0 Å². The van der Waals surface area contributed by atoms with Gasteiger partial charge in [-0.05, 0) is 50.3 Å². The van der Waals surface area contributed by atoms with Crippen molar-refractivity contribution in [1.29, 1.82) is 0 Å². The molecule has 1 aliphatic rings. The summed E-state index contributed by atoms with van der Waals surface area (Å²) in [5.41, 5.74) is 2.32. The van der Waals surface area contributed by atoms with Crippen molar-refractivity contribution in [2.45, 2.75) is 38.6 Å². The average Bonchev–Trinajstić information content (AvgIpc) is 2.92. The highest BCUT2D eigenvalue weighted by atomic mass is 16.2. The zero-order valence-corrected chi connectivity index (χ0v) is 12.0. The fraction of sp³-hybridized carbons (Fsp3) is 0.471. The standard InChI is InChI=1S/C17H22N2O/c1-13-12-14-6-2-3-9-16(14)18-17(13)19-10-4-7-15(19)8-5-11-20/h2-3,6,9,12,15,20H,4-5,7-8,10-11H2,1H3. The van der Waals surface area contributed by atoms with Gasteiger partial charge in [-0.1, -0.05) is 18.2 Å². The number of nitrogens with zero attached hydrogens (tertiary/aromatic N) is 2. The van der Waals surface area contributed by atoms with E-state index < -0.39 is 0 Å². The minimum absolute atomic E-state index is 0.286. The van der Waals surface area contributed by atoms with E-state index in [2.05, 4.69) is 36.1 Å². The number of fused-ring (bicyclic) bond motifs is 1. The highest BCUT2D eigenvalue weighted by molar-refractivity contribution is 5.81. The molecule has 3 nitrogen and oxygen atoms in total. The Kier molecular flexibility index (Phi) is 3.88. The van der Waals surface area contributed by atoms with Gasteiger partial charge in [-0.15, -0.1) is 0 Å². The molecule has 3 rings (SSSR count). The molecule has 1 N–H and O–H groups in total. The Balaban J connectivity index is 1.94. The predicted octanol–water partition coefficient (Wildman–Crippen LogP) is 3.28. The molecule has 1 aromatic carbocycles. The smallest absolute Gasteiger partial charge is 0.132 e. The molecule has 1 fully saturated rings. The van der Waals surface area contributed by atoms with Crippen molar-refractivity contribution in [1.82, 2.24) is 4.98 Å². The lowest BCUT2D eigenvalue weighted by Gasteiger charge is -2.27. The van der Waals surface area contributed by atoms with Crippen molar-refractivity contribution in [3.05, 3.63) is 35.9 Å². The quantitative estimate of drug-likeness (QED) is 0.926. The molecule has 2 heterocycles. The lowest BCUT2D eigenvalue weighted by molar-refractivity contribution is 0.279. The summed E-state index contributed by atoms with van der Waals surface area (Å²) >= 11 is 0. The molecule has 1 atom stereocenters. The predicted molar refractivity (Wildman–Crippen MR) is 83.2 cm³/mol. The minimum Gasteiger partial charge on any atom is -0.396 e. The van der Waals surface area contributed by atoms with Crippen molar-refractivity contribution < 1.29 is 5.11 Å². The largest absolute Gasteiger partial charge is 0.396 e. The van der Waals surface area contributed by atoms with E-state index in [1.807, 2.05) is 6.07 Å². The molecule has 106 valence electrons. The fourth-order valence-electron chi connectivity index (χ4n) is 3.24. The van der Waals surface area contributed by atoms with E-state index in [-0.39, 0.29) is 6.61 Å². The summed E-state index contributed by atoms with van der Waals surface area (Å²) in [6.07, 6.45) is 4.39. The molecule has 0 saturated carbocycles. The zero-order chi connectivity index (χ0) is 13.9. The second-order valence-electron chi connectivity index (χ2n) is 5.68. The SMILES string of the molecule is Cc1cc2ccccc2nc1N1CCCC1CCCO. The fourth-order valence-corrected chi connectivity index (χ4v) is 3.24. The van der Waals surface area contributed by atoms with E-state index >= 15 is 0 Å². The number of para-hydroxylation sites is 1. The summed E-state index contributed by atoms with van der Waals surface area (Å²) in [5.74, 6) is 1.13. The van der Waals surface area contributed by atoms with Crippen LogP contribution in [0.15, 0.2) is 30.3 Å². The normalized spacial score (nSPS) is 18.9. The lowest BCUT2D eigenvalue weighted by atomic mass is 10.1. The Labute approximate surface area is 120 Å². The van der Waals surface area contributed by atoms with Crippen molar-refractivity contribution in [2.75, 3.05) is 18.1 Å². The van der Waals surface area contributed by atoms with Crippen molar-refractivity contribution in [3.63, 3.8) is 0 Å². The van der Waals surface area contributed by atoms with Gasteiger partial charge in [0.15, 0.2) is 0 Å². The van der Waals surface area contributed by atoms with Crippen LogP contribution in [0.4, 0.5) is 5.82 Å². The second kappa shape index (κ2) is 5.80. The van der Waals surface area contributed by atoms with Crippen LogP contribution in [-0.2, 0) is 0 Å². The number of aliphatic hydroxyl groups excluding tert-OH is 1. The highest BCUT2D eigenvalue weighted by Gasteiger charge is 2.26. The Bertz CT molecular complexity index is 597. The Morgan fingerprint density at radius 2 is 2.20 bits per heavy atom. The first-order valence-electron chi connectivity index (χ1n) is 7.53. The molecule has 0 bridgehead atoms. The van der Waals surface area contributed by atoms with Gasteiger partial charge in [0.2, 0.25) is 0 Å². The summed E-state index contributed by atoms with van der Waals surface area (Å²) in [4.78, 5) is 7.32. The van der Waals surface area contributed by atoms with Gasteiger partial charge in [0.1, 0.15) is 5.82 Å². The van der Waals surface area contributed by atoms with Crippen LogP contribution in [0.2, 0.25) is 0 Å². The third-order valence-corrected chi connectivity index (χ3v) is 4.23. The minimum atomic E-state index is 0.286. The van der Waals surface area contributed by atoms with Gasteiger partial charge >= 0.3 is 0 Å². The Morgan fingerprint density at radius 3 is 3.05 bits per heavy atom. The Morgan fingerprint density at radius 1 is 1.35 bits per heavy atom. The number of pyridine rings is 1. The monoisotopic (exact) mass is 270 g/mol. The zero-order valence-electron chi connectivity index (χ0n) is 12.0. The molecule has 2 aromatic rings. The number of aryl methyl sites for hydroxylation is 1. The van der Waals surface area contributed by atoms with Crippen LogP contribution in [0, 0.1) is 6.92 Å². The maximum Gasteiger partial charge on any atom is 0.132 e. The molecule has 0 spiro atoms. The Hall–Kier alpha value is -1.61. The molecule has 20 heavy (non-hydrogen) atoms. The third kappa shape index (κ3) is 2.50. The molecular formula is C17H22N2O. The molecular weight excluding hydrogens is 248 g/mol. The molecule has 1 aliphatic heterocycles. The van der Waals surface area contributed by atoms with Gasteiger partial charge in [0.05, 0.1) is 5.52 Å². The molecule has 0 amide bonds. The van der Waals surface area contributed by atoms with Crippen LogP contribution in [-0.4, -0.2) is 29.3 Å². The third-order valence-electron chi connectivity index (χ3n) is 4.23. The first kappa shape index (κ1) is 13.4. The summed E-state index contributed by atoms with van der Waals surface area (Å²) in [6.45, 7) is 3.52.